The molecular formula is C24H27FN6OS. The van der Waals surface area contributed by atoms with E-state index in [9.17, 15) is 9.18 Å². The van der Waals surface area contributed by atoms with Gasteiger partial charge in [-0.2, -0.15) is 5.10 Å². The molecule has 172 valence electrons. The van der Waals surface area contributed by atoms with Gasteiger partial charge in [0.1, 0.15) is 6.17 Å². The van der Waals surface area contributed by atoms with Crippen molar-refractivity contribution in [3.63, 3.8) is 0 Å². The summed E-state index contributed by atoms with van der Waals surface area (Å²) in [4.78, 5) is 14.3. The third-order valence-corrected chi connectivity index (χ3v) is 6.67. The van der Waals surface area contributed by atoms with Crippen molar-refractivity contribution in [1.82, 2.24) is 24.4 Å². The lowest BCUT2D eigenvalue weighted by Gasteiger charge is -2.33. The number of rotatable bonds is 5. The van der Waals surface area contributed by atoms with E-state index in [0.29, 0.717) is 23.2 Å². The van der Waals surface area contributed by atoms with Crippen LogP contribution in [0.5, 0.6) is 0 Å². The summed E-state index contributed by atoms with van der Waals surface area (Å²) in [5, 5.41) is 11.1. The number of alkyl halides is 1. The van der Waals surface area contributed by atoms with Gasteiger partial charge in [0.05, 0.1) is 52.2 Å². The lowest BCUT2D eigenvalue weighted by molar-refractivity contribution is 0.0958. The highest BCUT2D eigenvalue weighted by molar-refractivity contribution is 7.80. The van der Waals surface area contributed by atoms with Gasteiger partial charge in [-0.25, -0.2) is 4.39 Å². The van der Waals surface area contributed by atoms with Crippen molar-refractivity contribution in [2.75, 3.05) is 32.0 Å². The number of carbonyl (C=O) groups is 1. The van der Waals surface area contributed by atoms with E-state index < -0.39 is 6.17 Å². The van der Waals surface area contributed by atoms with Crippen LogP contribution in [0.3, 0.4) is 0 Å². The average Bonchev–Trinajstić information content (AvgIpc) is 3.44. The van der Waals surface area contributed by atoms with E-state index in [1.165, 1.54) is 0 Å². The van der Waals surface area contributed by atoms with Crippen LogP contribution in [-0.4, -0.2) is 63.9 Å². The second-order valence-electron chi connectivity index (χ2n) is 8.80. The van der Waals surface area contributed by atoms with Crippen LogP contribution in [0.25, 0.3) is 5.52 Å². The van der Waals surface area contributed by atoms with Crippen LogP contribution in [0.1, 0.15) is 41.2 Å². The van der Waals surface area contributed by atoms with Gasteiger partial charge in [-0.05, 0) is 44.5 Å². The minimum Gasteiger partial charge on any atom is -0.378 e. The maximum atomic E-state index is 14.5. The van der Waals surface area contributed by atoms with Gasteiger partial charge in [-0.15, -0.1) is 12.6 Å². The normalized spacial score (nSPS) is 20.9. The fraction of sp³-hybridized carbons (Fsp3) is 0.417. The molecule has 2 atom stereocenters. The number of carbonyl (C=O) groups excluding carboxylic acids is 1. The first kappa shape index (κ1) is 21.9. The molecule has 1 aliphatic carbocycles. The van der Waals surface area contributed by atoms with Crippen molar-refractivity contribution >= 4 is 29.7 Å². The first-order valence-corrected chi connectivity index (χ1v) is 11.7. The standard InChI is InChI=1S/C24H27FN6OS/c1-29-11-8-20(19(25)15-29)28-21-5-3-10-30-22(21)12-16(24(30)33)4-2-9-26-23(32)17-13-27-31(14-17)18-6-7-18/h3,5,10,12-14,18-20,28,33H,6-9,11,15H2,1H3,(H,26,32)/t19-,20+/m0/s1. The SMILES string of the molecule is CN1CC[C@@H](Nc2cccn3c(S)c(C#CCNC(=O)c4cnn(C5CC5)c4)cc23)[C@@H](F)C1. The van der Waals surface area contributed by atoms with Gasteiger partial charge in [0.2, 0.25) is 0 Å². The molecule has 2 aliphatic rings. The Hall–Kier alpha value is -2.96. The average molecular weight is 467 g/mol. The number of fused-ring (bicyclic) bond motifs is 1. The monoisotopic (exact) mass is 466 g/mol. The molecule has 2 N–H and O–H groups in total. The summed E-state index contributed by atoms with van der Waals surface area (Å²) in [6.45, 7) is 1.52. The Balaban J connectivity index is 1.26. The van der Waals surface area contributed by atoms with E-state index in [-0.39, 0.29) is 18.5 Å². The number of amides is 1. The Kier molecular flexibility index (Phi) is 6.04. The smallest absolute Gasteiger partial charge is 0.255 e. The fourth-order valence-corrected chi connectivity index (χ4v) is 4.47. The quantitative estimate of drug-likeness (QED) is 0.400. The Morgan fingerprint density at radius 3 is 3.00 bits per heavy atom. The largest absolute Gasteiger partial charge is 0.378 e. The summed E-state index contributed by atoms with van der Waals surface area (Å²) in [6.07, 6.45) is 7.36. The number of halogens is 1. The molecule has 1 amide bonds. The summed E-state index contributed by atoms with van der Waals surface area (Å²) in [6, 6.07) is 6.03. The van der Waals surface area contributed by atoms with Crippen molar-refractivity contribution < 1.29 is 9.18 Å². The lowest BCUT2D eigenvalue weighted by Crippen LogP contribution is -2.46. The number of hydrogen-bond acceptors (Lipinski definition) is 5. The Morgan fingerprint density at radius 1 is 1.36 bits per heavy atom. The van der Waals surface area contributed by atoms with Gasteiger partial charge in [-0.3, -0.25) is 9.48 Å². The summed E-state index contributed by atoms with van der Waals surface area (Å²) in [7, 11) is 1.94. The first-order valence-electron chi connectivity index (χ1n) is 11.2. The highest BCUT2D eigenvalue weighted by Crippen LogP contribution is 2.34. The maximum absolute atomic E-state index is 14.5. The topological polar surface area (TPSA) is 66.6 Å². The number of piperidine rings is 1. The molecule has 9 heteroatoms. The third-order valence-electron chi connectivity index (χ3n) is 6.21. The number of hydrogen-bond donors (Lipinski definition) is 3. The second kappa shape index (κ2) is 9.12. The molecule has 0 aromatic carbocycles. The molecule has 0 radical (unpaired) electrons. The van der Waals surface area contributed by atoms with E-state index in [2.05, 4.69) is 40.2 Å². The molecule has 3 aromatic heterocycles. The zero-order valence-electron chi connectivity index (χ0n) is 18.5. The predicted molar refractivity (Wildman–Crippen MR) is 129 cm³/mol. The number of thiol groups is 1. The number of nitrogens with zero attached hydrogens (tertiary/aromatic N) is 4. The van der Waals surface area contributed by atoms with Crippen molar-refractivity contribution in [3.05, 3.63) is 47.9 Å². The number of nitrogens with one attached hydrogen (secondary N) is 2. The number of anilines is 1. The number of aromatic nitrogens is 3. The first-order chi connectivity index (χ1) is 16.0. The van der Waals surface area contributed by atoms with E-state index in [4.69, 9.17) is 0 Å². The van der Waals surface area contributed by atoms with Gasteiger partial charge in [0.15, 0.2) is 0 Å². The molecule has 4 heterocycles. The van der Waals surface area contributed by atoms with E-state index in [1.807, 2.05) is 45.4 Å². The van der Waals surface area contributed by atoms with E-state index >= 15 is 0 Å². The Bertz CT molecular complexity index is 1240. The van der Waals surface area contributed by atoms with E-state index in [0.717, 1.165) is 42.6 Å². The zero-order valence-corrected chi connectivity index (χ0v) is 19.4. The van der Waals surface area contributed by atoms with Crippen molar-refractivity contribution in [2.45, 2.75) is 42.5 Å². The highest BCUT2D eigenvalue weighted by atomic mass is 32.1. The fourth-order valence-electron chi connectivity index (χ4n) is 4.18. The van der Waals surface area contributed by atoms with Gasteiger partial charge in [-0.1, -0.05) is 11.8 Å². The Labute approximate surface area is 197 Å². The molecule has 1 aliphatic heterocycles. The molecule has 0 spiro atoms. The summed E-state index contributed by atoms with van der Waals surface area (Å²) in [5.41, 5.74) is 3.06. The summed E-state index contributed by atoms with van der Waals surface area (Å²) >= 11 is 4.64. The van der Waals surface area contributed by atoms with Crippen molar-refractivity contribution in [2.24, 2.45) is 0 Å². The molecule has 0 bridgehead atoms. The molecule has 3 aromatic rings. The molecule has 1 saturated carbocycles. The van der Waals surface area contributed by atoms with Crippen LogP contribution >= 0.6 is 12.6 Å². The molecular weight excluding hydrogens is 439 g/mol. The van der Waals surface area contributed by atoms with Crippen molar-refractivity contribution in [3.8, 4) is 11.8 Å². The highest BCUT2D eigenvalue weighted by Gasteiger charge is 2.28. The maximum Gasteiger partial charge on any atom is 0.255 e. The van der Waals surface area contributed by atoms with Crippen molar-refractivity contribution in [1.29, 1.82) is 0 Å². The van der Waals surface area contributed by atoms with Gasteiger partial charge >= 0.3 is 0 Å². The van der Waals surface area contributed by atoms with Crippen LogP contribution in [0.2, 0.25) is 0 Å². The van der Waals surface area contributed by atoms with Crippen LogP contribution in [0.15, 0.2) is 41.8 Å². The van der Waals surface area contributed by atoms with Gasteiger partial charge < -0.3 is 19.9 Å². The molecule has 1 saturated heterocycles. The third kappa shape index (κ3) is 4.72. The van der Waals surface area contributed by atoms with Crippen LogP contribution < -0.4 is 10.6 Å². The van der Waals surface area contributed by atoms with Crippen LogP contribution in [0, 0.1) is 11.8 Å². The van der Waals surface area contributed by atoms with Gasteiger partial charge in [0.25, 0.3) is 5.91 Å². The second-order valence-corrected chi connectivity index (χ2v) is 9.22. The van der Waals surface area contributed by atoms with Crippen LogP contribution in [0.4, 0.5) is 10.1 Å². The molecule has 33 heavy (non-hydrogen) atoms. The Morgan fingerprint density at radius 2 is 2.21 bits per heavy atom. The minimum absolute atomic E-state index is 0.185. The molecule has 2 fully saturated rings. The zero-order chi connectivity index (χ0) is 22.9. The predicted octanol–water partition coefficient (Wildman–Crippen LogP) is 3.00. The minimum atomic E-state index is -0.923. The summed E-state index contributed by atoms with van der Waals surface area (Å²) in [5.74, 6) is 5.91. The molecule has 7 nitrogen and oxygen atoms in total. The summed E-state index contributed by atoms with van der Waals surface area (Å²) < 4.78 is 18.3. The number of pyridine rings is 1. The van der Waals surface area contributed by atoms with Crippen LogP contribution in [-0.2, 0) is 0 Å². The molecule has 0 unspecified atom stereocenters. The lowest BCUT2D eigenvalue weighted by atomic mass is 10.0. The van der Waals surface area contributed by atoms with E-state index in [1.54, 1.807) is 12.4 Å². The van der Waals surface area contributed by atoms with Gasteiger partial charge in [0, 0.05) is 25.5 Å². The molecule has 5 rings (SSSR count). The number of likely N-dealkylation sites (tertiary alicyclic amines) is 1.